The van der Waals surface area contributed by atoms with Gasteiger partial charge >= 0.3 is 0 Å². The molecule has 1 N–H and O–H groups in total. The lowest BCUT2D eigenvalue weighted by Gasteiger charge is -2.27. The van der Waals surface area contributed by atoms with Gasteiger partial charge in [0.05, 0.1) is 18.8 Å². The molecule has 3 nitrogen and oxygen atoms in total. The van der Waals surface area contributed by atoms with E-state index in [4.69, 9.17) is 9.47 Å². The lowest BCUT2D eigenvalue weighted by atomic mass is 10.0. The van der Waals surface area contributed by atoms with E-state index in [-0.39, 0.29) is 12.2 Å². The van der Waals surface area contributed by atoms with Gasteiger partial charge in [-0.25, -0.2) is 0 Å². The first-order valence-electron chi connectivity index (χ1n) is 13.7. The van der Waals surface area contributed by atoms with Crippen LogP contribution in [0.1, 0.15) is 116 Å². The van der Waals surface area contributed by atoms with Gasteiger partial charge in [0.25, 0.3) is 0 Å². The van der Waals surface area contributed by atoms with E-state index in [0.29, 0.717) is 6.61 Å². The third-order valence-corrected chi connectivity index (χ3v) is 6.39. The molecule has 186 valence electrons. The summed E-state index contributed by atoms with van der Waals surface area (Å²) in [5.74, 6) is 0. The van der Waals surface area contributed by atoms with Gasteiger partial charge in [-0.3, -0.25) is 0 Å². The Morgan fingerprint density at radius 1 is 0.688 bits per heavy atom. The number of hydrogen-bond donors (Lipinski definition) is 1. The fourth-order valence-electron chi connectivity index (χ4n) is 4.32. The van der Waals surface area contributed by atoms with Crippen LogP contribution in [0, 0.1) is 0 Å². The summed E-state index contributed by atoms with van der Waals surface area (Å²) in [7, 11) is 1.84. The maximum absolute atomic E-state index is 6.30. The van der Waals surface area contributed by atoms with Crippen molar-refractivity contribution in [3.05, 3.63) is 35.9 Å². The van der Waals surface area contributed by atoms with E-state index in [1.165, 1.54) is 89.0 Å². The molecule has 0 heterocycles. The molecule has 0 aromatic heterocycles. The zero-order valence-electron chi connectivity index (χ0n) is 21.6. The summed E-state index contributed by atoms with van der Waals surface area (Å²) in [6.45, 7) is 7.03. The van der Waals surface area contributed by atoms with Crippen LogP contribution in [-0.4, -0.2) is 32.4 Å². The number of unbranched alkanes of at least 4 members (excludes halogenated alkanes) is 12. The van der Waals surface area contributed by atoms with Gasteiger partial charge in [0, 0.05) is 13.7 Å². The van der Waals surface area contributed by atoms with Crippen molar-refractivity contribution in [3.63, 3.8) is 0 Å². The molecule has 0 saturated heterocycles. The van der Waals surface area contributed by atoms with Crippen molar-refractivity contribution in [1.82, 2.24) is 5.32 Å². The van der Waals surface area contributed by atoms with Gasteiger partial charge in [0.2, 0.25) is 0 Å². The molecule has 0 aliphatic rings. The highest BCUT2D eigenvalue weighted by Gasteiger charge is 2.21. The summed E-state index contributed by atoms with van der Waals surface area (Å²) in [5.41, 5.74) is 1.23. The molecule has 2 unspecified atom stereocenters. The highest BCUT2D eigenvalue weighted by Crippen LogP contribution is 2.17. The summed E-state index contributed by atoms with van der Waals surface area (Å²) >= 11 is 0. The largest absolute Gasteiger partial charge is 0.379 e. The minimum atomic E-state index is 0.101. The Morgan fingerprint density at radius 3 is 1.78 bits per heavy atom. The minimum absolute atomic E-state index is 0.101. The molecule has 0 amide bonds. The van der Waals surface area contributed by atoms with Crippen LogP contribution in [0.4, 0.5) is 0 Å². The first kappa shape index (κ1) is 29.1. The number of hydrogen-bond acceptors (Lipinski definition) is 3. The van der Waals surface area contributed by atoms with Crippen LogP contribution < -0.4 is 5.32 Å². The molecule has 0 radical (unpaired) electrons. The van der Waals surface area contributed by atoms with Crippen LogP contribution in [0.3, 0.4) is 0 Å². The Kier molecular flexibility index (Phi) is 20.0. The fraction of sp³-hybridized carbons (Fsp3) is 0.793. The van der Waals surface area contributed by atoms with E-state index in [0.717, 1.165) is 25.9 Å². The molecule has 1 aromatic rings. The van der Waals surface area contributed by atoms with Crippen molar-refractivity contribution in [3.8, 4) is 0 Å². The molecule has 1 rings (SSSR count). The predicted octanol–water partition coefficient (Wildman–Crippen LogP) is 8.07. The van der Waals surface area contributed by atoms with Crippen LogP contribution >= 0.6 is 0 Å². The smallest absolute Gasteiger partial charge is 0.0964 e. The lowest BCUT2D eigenvalue weighted by Crippen LogP contribution is -2.40. The first-order valence-corrected chi connectivity index (χ1v) is 13.7. The molecule has 0 aliphatic carbocycles. The number of methoxy groups -OCH3 is 1. The van der Waals surface area contributed by atoms with Gasteiger partial charge in [0.15, 0.2) is 0 Å². The van der Waals surface area contributed by atoms with Gasteiger partial charge in [-0.1, -0.05) is 128 Å². The monoisotopic (exact) mass is 447 g/mol. The summed E-state index contributed by atoms with van der Waals surface area (Å²) in [4.78, 5) is 0. The molecule has 0 saturated carbocycles. The number of benzene rings is 1. The van der Waals surface area contributed by atoms with Crippen molar-refractivity contribution < 1.29 is 9.47 Å². The summed E-state index contributed by atoms with van der Waals surface area (Å²) in [6.07, 6.45) is 20.6. The van der Waals surface area contributed by atoms with Gasteiger partial charge in [0.1, 0.15) is 0 Å². The molecule has 2 atom stereocenters. The third kappa shape index (κ3) is 15.8. The van der Waals surface area contributed by atoms with Crippen LogP contribution in [0.2, 0.25) is 0 Å². The topological polar surface area (TPSA) is 30.5 Å². The summed E-state index contributed by atoms with van der Waals surface area (Å²) in [5, 5.41) is 3.53. The van der Waals surface area contributed by atoms with Crippen molar-refractivity contribution in [2.24, 2.45) is 0 Å². The van der Waals surface area contributed by atoms with Gasteiger partial charge < -0.3 is 14.8 Å². The van der Waals surface area contributed by atoms with Gasteiger partial charge in [-0.2, -0.15) is 0 Å². The third-order valence-electron chi connectivity index (χ3n) is 6.39. The zero-order valence-corrected chi connectivity index (χ0v) is 21.6. The van der Waals surface area contributed by atoms with Crippen molar-refractivity contribution in [2.75, 3.05) is 20.2 Å². The Labute approximate surface area is 200 Å². The Morgan fingerprint density at radius 2 is 1.25 bits per heavy atom. The highest BCUT2D eigenvalue weighted by atomic mass is 16.5. The van der Waals surface area contributed by atoms with E-state index in [9.17, 15) is 0 Å². The van der Waals surface area contributed by atoms with Gasteiger partial charge in [-0.05, 0) is 24.9 Å². The molecule has 0 fully saturated rings. The average Bonchev–Trinajstić information content (AvgIpc) is 2.83. The molecule has 3 heteroatoms. The van der Waals surface area contributed by atoms with Crippen molar-refractivity contribution in [1.29, 1.82) is 0 Å². The molecule has 0 spiro atoms. The van der Waals surface area contributed by atoms with E-state index in [1.807, 2.05) is 7.11 Å². The van der Waals surface area contributed by atoms with Gasteiger partial charge in [-0.15, -0.1) is 0 Å². The number of ether oxygens (including phenoxy) is 2. The Hall–Kier alpha value is -0.900. The van der Waals surface area contributed by atoms with Crippen LogP contribution in [0.15, 0.2) is 30.3 Å². The van der Waals surface area contributed by atoms with E-state index < -0.39 is 0 Å². The number of nitrogens with one attached hydrogen (secondary N) is 1. The Balaban J connectivity index is 2.16. The maximum Gasteiger partial charge on any atom is 0.0964 e. The highest BCUT2D eigenvalue weighted by molar-refractivity contribution is 5.13. The standard InChI is InChI=1S/C29H53NO2/c1-4-6-7-8-9-10-11-12-13-14-15-16-20-23-28(31-3)29(25-30-24-5-2)32-26-27-21-18-17-19-22-27/h17-19,21-22,28-30H,4-16,20,23-26H2,1-3H3. The fourth-order valence-corrected chi connectivity index (χ4v) is 4.32. The van der Waals surface area contributed by atoms with E-state index >= 15 is 0 Å². The molecular formula is C29H53NO2. The van der Waals surface area contributed by atoms with Crippen LogP contribution in [-0.2, 0) is 16.1 Å². The first-order chi connectivity index (χ1) is 15.8. The number of rotatable bonds is 23. The second-order valence-electron chi connectivity index (χ2n) is 9.34. The van der Waals surface area contributed by atoms with E-state index in [1.54, 1.807) is 0 Å². The maximum atomic E-state index is 6.30. The quantitative estimate of drug-likeness (QED) is 0.172. The summed E-state index contributed by atoms with van der Waals surface area (Å²) < 4.78 is 12.2. The second kappa shape index (κ2) is 21.9. The predicted molar refractivity (Wildman–Crippen MR) is 139 cm³/mol. The average molecular weight is 448 g/mol. The zero-order chi connectivity index (χ0) is 23.1. The lowest BCUT2D eigenvalue weighted by molar-refractivity contribution is -0.0659. The molecule has 0 aliphatic heterocycles. The van der Waals surface area contributed by atoms with Crippen molar-refractivity contribution >= 4 is 0 Å². The molecule has 0 bridgehead atoms. The molecular weight excluding hydrogens is 394 g/mol. The minimum Gasteiger partial charge on any atom is -0.379 e. The Bertz CT molecular complexity index is 493. The molecule has 1 aromatic carbocycles. The van der Waals surface area contributed by atoms with Crippen molar-refractivity contribution in [2.45, 2.75) is 129 Å². The van der Waals surface area contributed by atoms with Crippen LogP contribution in [0.5, 0.6) is 0 Å². The SMILES string of the molecule is CCCCCCCCCCCCCCCC(OC)C(CNCCC)OCc1ccccc1. The van der Waals surface area contributed by atoms with Crippen LogP contribution in [0.25, 0.3) is 0 Å². The molecule has 32 heavy (non-hydrogen) atoms. The summed E-state index contributed by atoms with van der Waals surface area (Å²) in [6, 6.07) is 10.5. The second-order valence-corrected chi connectivity index (χ2v) is 9.34. The normalized spacial score (nSPS) is 13.3. The van der Waals surface area contributed by atoms with E-state index in [2.05, 4.69) is 49.5 Å².